The van der Waals surface area contributed by atoms with E-state index in [1.807, 2.05) is 4.98 Å². The first-order valence-electron chi connectivity index (χ1n) is 2.90. The molecule has 8 nitrogen and oxygen atoms in total. The van der Waals surface area contributed by atoms with Gasteiger partial charge < -0.3 is 24.2 Å². The fraction of sp³-hybridized carbons (Fsp3) is 0. The first-order valence-corrected chi connectivity index (χ1v) is 4.37. The van der Waals surface area contributed by atoms with E-state index in [0.717, 1.165) is 0 Å². The number of aromatic amines is 2. The largest absolute Gasteiger partial charge is 0.822 e. The van der Waals surface area contributed by atoms with Gasteiger partial charge in [0.05, 0.1) is 0 Å². The van der Waals surface area contributed by atoms with Crippen molar-refractivity contribution in [3.05, 3.63) is 32.9 Å². The molecule has 10 heteroatoms. The van der Waals surface area contributed by atoms with Crippen LogP contribution in [0.1, 0.15) is 0 Å². The second kappa shape index (κ2) is 4.82. The van der Waals surface area contributed by atoms with Gasteiger partial charge in [-0.25, -0.2) is 4.79 Å². The molecule has 0 amide bonds. The number of nitrogens with one attached hydrogen (secondary N) is 2. The molecule has 0 saturated carbocycles. The summed E-state index contributed by atoms with van der Waals surface area (Å²) in [4.78, 5) is 49.7. The quantitative estimate of drug-likeness (QED) is 0.434. The van der Waals surface area contributed by atoms with Crippen LogP contribution in [0, 0.1) is 5.82 Å². The van der Waals surface area contributed by atoms with Gasteiger partial charge in [0, 0.05) is 6.20 Å². The van der Waals surface area contributed by atoms with E-state index in [9.17, 15) is 14.0 Å². The van der Waals surface area contributed by atoms with E-state index < -0.39 is 24.9 Å². The molecular weight excluding hydrogens is 222 g/mol. The molecular formula is C4H3FN2O6P-3. The molecule has 0 fully saturated rings. The monoisotopic (exact) mass is 225 g/mol. The van der Waals surface area contributed by atoms with Gasteiger partial charge in [0.25, 0.3) is 5.56 Å². The maximum absolute atomic E-state index is 12.0. The molecule has 0 aromatic carbocycles. The molecule has 1 rings (SSSR count). The van der Waals surface area contributed by atoms with Gasteiger partial charge in [-0.1, -0.05) is 0 Å². The lowest BCUT2D eigenvalue weighted by Gasteiger charge is -2.36. The van der Waals surface area contributed by atoms with Crippen molar-refractivity contribution in [2.45, 2.75) is 0 Å². The molecule has 0 unspecified atom stereocenters. The van der Waals surface area contributed by atoms with Crippen LogP contribution in [0.5, 0.6) is 0 Å². The Morgan fingerprint density at radius 1 is 1.29 bits per heavy atom. The van der Waals surface area contributed by atoms with E-state index in [-0.39, 0.29) is 0 Å². The number of halogens is 1. The van der Waals surface area contributed by atoms with Crippen molar-refractivity contribution in [1.29, 1.82) is 0 Å². The minimum atomic E-state index is -5.39. The number of hydrogen-bond donors (Lipinski definition) is 2. The van der Waals surface area contributed by atoms with Crippen LogP contribution < -0.4 is 25.9 Å². The van der Waals surface area contributed by atoms with E-state index in [1.54, 1.807) is 4.98 Å². The number of H-pyrrole nitrogens is 2. The van der Waals surface area contributed by atoms with Gasteiger partial charge in [-0.3, -0.25) is 9.78 Å². The minimum Gasteiger partial charge on any atom is -0.822 e. The maximum Gasteiger partial charge on any atom is 0.325 e. The highest BCUT2D eigenvalue weighted by molar-refractivity contribution is 7.40. The molecule has 2 N–H and O–H groups in total. The van der Waals surface area contributed by atoms with Crippen LogP contribution in [0.2, 0.25) is 0 Å². The predicted molar refractivity (Wildman–Crippen MR) is 35.2 cm³/mol. The van der Waals surface area contributed by atoms with E-state index in [4.69, 9.17) is 19.2 Å². The Hall–Kier alpha value is -1.28. The molecule has 0 bridgehead atoms. The first kappa shape index (κ1) is 12.7. The van der Waals surface area contributed by atoms with Crippen LogP contribution in [0.3, 0.4) is 0 Å². The molecule has 1 aromatic rings. The molecule has 0 radical (unpaired) electrons. The molecule has 1 aromatic heterocycles. The molecule has 0 aliphatic carbocycles. The second-order valence-corrected chi connectivity index (χ2v) is 2.76. The van der Waals surface area contributed by atoms with Crippen molar-refractivity contribution in [2.75, 3.05) is 0 Å². The lowest BCUT2D eigenvalue weighted by atomic mass is 10.6. The van der Waals surface area contributed by atoms with Gasteiger partial charge in [-0.15, -0.1) is 0 Å². The predicted octanol–water partition coefficient (Wildman–Crippen LogP) is -3.62. The normalized spacial score (nSPS) is 10.3. The number of hydrogen-bond acceptors (Lipinski definition) is 6. The standard InChI is InChI=1S/C4H3FN2O2.H3O4P/c5-2-1-6-4(9)7-3(2)8;1-5(2,3)4/h1H,(H2,6,7,8,9);(H3,1,2,3,4)/p-3. The summed E-state index contributed by atoms with van der Waals surface area (Å²) in [5.41, 5.74) is -1.71. The van der Waals surface area contributed by atoms with Gasteiger partial charge in [-0.05, 0) is 0 Å². The van der Waals surface area contributed by atoms with Crippen LogP contribution in [-0.2, 0) is 4.57 Å². The lowest BCUT2D eigenvalue weighted by Crippen LogP contribution is -2.24. The molecule has 0 saturated heterocycles. The Labute approximate surface area is 75.3 Å². The minimum absolute atomic E-state index is 0.707. The van der Waals surface area contributed by atoms with Crippen molar-refractivity contribution in [3.63, 3.8) is 0 Å². The summed E-state index contributed by atoms with van der Waals surface area (Å²) < 4.78 is 20.5. The van der Waals surface area contributed by atoms with Crippen LogP contribution in [0.15, 0.2) is 15.8 Å². The third-order valence-electron chi connectivity index (χ3n) is 0.774. The summed E-state index contributed by atoms with van der Waals surface area (Å²) in [7, 11) is -5.39. The molecule has 1 heterocycles. The smallest absolute Gasteiger partial charge is 0.325 e. The van der Waals surface area contributed by atoms with Crippen molar-refractivity contribution >= 4 is 7.82 Å². The van der Waals surface area contributed by atoms with Crippen LogP contribution in [-0.4, -0.2) is 9.97 Å². The topological polar surface area (TPSA) is 152 Å². The first-order chi connectivity index (χ1) is 6.20. The number of rotatable bonds is 0. The Bertz CT molecular complexity index is 437. The Kier molecular flexibility index (Phi) is 4.38. The third-order valence-corrected chi connectivity index (χ3v) is 0.774. The van der Waals surface area contributed by atoms with Crippen LogP contribution in [0.25, 0.3) is 0 Å². The fourth-order valence-electron chi connectivity index (χ4n) is 0.393. The summed E-state index contributed by atoms with van der Waals surface area (Å²) >= 11 is 0. The second-order valence-electron chi connectivity index (χ2n) is 1.87. The van der Waals surface area contributed by atoms with Crippen molar-refractivity contribution in [3.8, 4) is 0 Å². The van der Waals surface area contributed by atoms with Gasteiger partial charge in [0.2, 0.25) is 5.82 Å². The zero-order chi connectivity index (χ0) is 11.4. The zero-order valence-electron chi connectivity index (χ0n) is 6.35. The zero-order valence-corrected chi connectivity index (χ0v) is 7.25. The van der Waals surface area contributed by atoms with E-state index in [0.29, 0.717) is 6.20 Å². The molecule has 14 heavy (non-hydrogen) atoms. The maximum atomic E-state index is 12.0. The van der Waals surface area contributed by atoms with Crippen LogP contribution in [0.4, 0.5) is 4.39 Å². The highest BCUT2D eigenvalue weighted by atomic mass is 31.2. The Morgan fingerprint density at radius 2 is 1.71 bits per heavy atom. The van der Waals surface area contributed by atoms with Gasteiger partial charge in [-0.2, -0.15) is 12.2 Å². The van der Waals surface area contributed by atoms with E-state index in [2.05, 4.69) is 0 Å². The molecule has 80 valence electrons. The third kappa shape index (κ3) is 7.37. The SMILES string of the molecule is O=P([O-])([O-])[O-].O=c1[nH]cc(F)c(=O)[nH]1. The summed E-state index contributed by atoms with van der Waals surface area (Å²) in [6.45, 7) is 0. The van der Waals surface area contributed by atoms with Crippen molar-refractivity contribution in [2.24, 2.45) is 0 Å². The van der Waals surface area contributed by atoms with Crippen molar-refractivity contribution < 1.29 is 23.6 Å². The fourth-order valence-corrected chi connectivity index (χ4v) is 0.393. The highest BCUT2D eigenvalue weighted by Gasteiger charge is 1.93. The summed E-state index contributed by atoms with van der Waals surface area (Å²) in [5.74, 6) is -0.991. The van der Waals surface area contributed by atoms with E-state index >= 15 is 0 Å². The molecule has 0 spiro atoms. The van der Waals surface area contributed by atoms with Gasteiger partial charge in [0.15, 0.2) is 0 Å². The summed E-state index contributed by atoms with van der Waals surface area (Å²) in [6.07, 6.45) is 0.709. The van der Waals surface area contributed by atoms with Crippen LogP contribution >= 0.6 is 7.82 Å². The average Bonchev–Trinajstić information content (AvgIpc) is 1.94. The molecule has 0 atom stereocenters. The Morgan fingerprint density at radius 3 is 2.00 bits per heavy atom. The summed E-state index contributed by atoms with van der Waals surface area (Å²) in [6, 6.07) is 0. The lowest BCUT2D eigenvalue weighted by molar-refractivity contribution is -0.432. The van der Waals surface area contributed by atoms with E-state index in [1.165, 1.54) is 0 Å². The molecule has 0 aliphatic rings. The summed E-state index contributed by atoms with van der Waals surface area (Å²) in [5, 5.41) is 0. The average molecular weight is 225 g/mol. The number of aromatic nitrogens is 2. The molecule has 0 aliphatic heterocycles. The van der Waals surface area contributed by atoms with Gasteiger partial charge in [0.1, 0.15) is 0 Å². The highest BCUT2D eigenvalue weighted by Crippen LogP contribution is 2.03. The number of phosphoric acid groups is 1. The van der Waals surface area contributed by atoms with Gasteiger partial charge >= 0.3 is 5.69 Å². The van der Waals surface area contributed by atoms with Crippen molar-refractivity contribution in [1.82, 2.24) is 9.97 Å². The Balaban J connectivity index is 0.000000292.